The maximum Gasteiger partial charge on any atom is 0.317 e. The summed E-state index contributed by atoms with van der Waals surface area (Å²) >= 11 is 0. The van der Waals surface area contributed by atoms with Gasteiger partial charge in [-0.1, -0.05) is 6.07 Å². The van der Waals surface area contributed by atoms with Gasteiger partial charge in [-0.05, 0) is 56.1 Å². The summed E-state index contributed by atoms with van der Waals surface area (Å²) in [6.07, 6.45) is 3.93. The highest BCUT2D eigenvalue weighted by Crippen LogP contribution is 2.24. The predicted molar refractivity (Wildman–Crippen MR) is 130 cm³/mol. The van der Waals surface area contributed by atoms with Crippen LogP contribution in [0.4, 0.5) is 33.8 Å². The summed E-state index contributed by atoms with van der Waals surface area (Å²) < 4.78 is 0. The fourth-order valence-corrected chi connectivity index (χ4v) is 3.57. The lowest BCUT2D eigenvalue weighted by atomic mass is 10.0. The molecule has 0 spiro atoms. The van der Waals surface area contributed by atoms with Gasteiger partial charge in [-0.25, -0.2) is 14.8 Å². The molecule has 1 aromatic carbocycles. The summed E-state index contributed by atoms with van der Waals surface area (Å²) in [7, 11) is 0. The van der Waals surface area contributed by atoms with Crippen molar-refractivity contribution in [1.82, 2.24) is 25.6 Å². The predicted octanol–water partition coefficient (Wildman–Crippen LogP) is 2.63. The zero-order chi connectivity index (χ0) is 24.1. The number of nitrogens with one attached hydrogen (secondary N) is 5. The SMILES string of the molecule is CC(C)NC(=O)c1cnc(Nc2ccc3c(c2)CCNC3)nc1Nc1ccnc(NC(N)=O)c1. The minimum atomic E-state index is -0.726. The van der Waals surface area contributed by atoms with Crippen LogP contribution in [0, 0.1) is 0 Å². The molecule has 3 aromatic rings. The molecule has 34 heavy (non-hydrogen) atoms. The van der Waals surface area contributed by atoms with E-state index in [1.54, 1.807) is 12.1 Å². The number of hydrogen-bond donors (Lipinski definition) is 6. The van der Waals surface area contributed by atoms with Crippen molar-refractivity contribution in [2.24, 2.45) is 5.73 Å². The van der Waals surface area contributed by atoms with Crippen LogP contribution >= 0.6 is 0 Å². The fourth-order valence-electron chi connectivity index (χ4n) is 3.57. The monoisotopic (exact) mass is 461 g/mol. The molecule has 0 fully saturated rings. The number of nitrogens with zero attached hydrogens (tertiary/aromatic N) is 3. The van der Waals surface area contributed by atoms with Gasteiger partial charge in [-0.2, -0.15) is 4.98 Å². The molecule has 1 aliphatic heterocycles. The summed E-state index contributed by atoms with van der Waals surface area (Å²) in [5, 5.41) is 15.0. The van der Waals surface area contributed by atoms with Crippen molar-refractivity contribution in [1.29, 1.82) is 0 Å². The second-order valence-electron chi connectivity index (χ2n) is 8.16. The molecular weight excluding hydrogens is 434 g/mol. The highest BCUT2D eigenvalue weighted by molar-refractivity contribution is 5.99. The lowest BCUT2D eigenvalue weighted by Crippen LogP contribution is -2.31. The van der Waals surface area contributed by atoms with Gasteiger partial charge in [0.2, 0.25) is 5.95 Å². The van der Waals surface area contributed by atoms with Crippen molar-refractivity contribution >= 4 is 40.9 Å². The quantitative estimate of drug-likeness (QED) is 0.313. The highest BCUT2D eigenvalue weighted by Gasteiger charge is 2.17. The van der Waals surface area contributed by atoms with Crippen molar-refractivity contribution in [3.8, 4) is 0 Å². The van der Waals surface area contributed by atoms with Crippen LogP contribution in [0.25, 0.3) is 0 Å². The molecule has 0 radical (unpaired) electrons. The largest absolute Gasteiger partial charge is 0.351 e. The van der Waals surface area contributed by atoms with Crippen molar-refractivity contribution in [2.45, 2.75) is 32.9 Å². The molecule has 11 nitrogen and oxygen atoms in total. The van der Waals surface area contributed by atoms with E-state index in [-0.39, 0.29) is 23.3 Å². The van der Waals surface area contributed by atoms with Crippen LogP contribution in [0.5, 0.6) is 0 Å². The Hall–Kier alpha value is -4.25. The molecular formula is C23H27N9O2. The molecule has 0 saturated carbocycles. The summed E-state index contributed by atoms with van der Waals surface area (Å²) in [5.74, 6) is 0.590. The third kappa shape index (κ3) is 5.75. The Kier molecular flexibility index (Phi) is 6.83. The minimum Gasteiger partial charge on any atom is -0.351 e. The molecule has 0 aliphatic carbocycles. The van der Waals surface area contributed by atoms with Gasteiger partial charge >= 0.3 is 6.03 Å². The second-order valence-corrected chi connectivity index (χ2v) is 8.16. The topological polar surface area (TPSA) is 159 Å². The van der Waals surface area contributed by atoms with E-state index in [9.17, 15) is 9.59 Å². The molecule has 0 bridgehead atoms. The first-order chi connectivity index (χ1) is 16.4. The number of nitrogens with two attached hydrogens (primary N) is 1. The molecule has 11 heteroatoms. The summed E-state index contributed by atoms with van der Waals surface area (Å²) in [4.78, 5) is 36.9. The van der Waals surface area contributed by atoms with Crippen molar-refractivity contribution in [2.75, 3.05) is 22.5 Å². The maximum atomic E-state index is 12.8. The van der Waals surface area contributed by atoms with E-state index in [4.69, 9.17) is 5.73 Å². The average molecular weight is 462 g/mol. The first kappa shape index (κ1) is 22.9. The number of pyridine rings is 1. The van der Waals surface area contributed by atoms with Crippen molar-refractivity contribution in [3.63, 3.8) is 0 Å². The summed E-state index contributed by atoms with van der Waals surface area (Å²) in [5.41, 5.74) is 9.43. The molecule has 7 N–H and O–H groups in total. The average Bonchev–Trinajstić information content (AvgIpc) is 2.78. The van der Waals surface area contributed by atoms with E-state index < -0.39 is 6.03 Å². The van der Waals surface area contributed by atoms with Crippen LogP contribution in [0.3, 0.4) is 0 Å². The molecule has 0 unspecified atom stereocenters. The molecule has 176 valence electrons. The molecule has 4 rings (SSSR count). The number of rotatable bonds is 7. The van der Waals surface area contributed by atoms with Gasteiger partial charge in [-0.3, -0.25) is 10.1 Å². The second kappa shape index (κ2) is 10.1. The van der Waals surface area contributed by atoms with E-state index in [1.807, 2.05) is 19.9 Å². The van der Waals surface area contributed by atoms with E-state index in [0.29, 0.717) is 17.5 Å². The van der Waals surface area contributed by atoms with Gasteiger partial charge in [0.25, 0.3) is 5.91 Å². The molecule has 0 saturated heterocycles. The lowest BCUT2D eigenvalue weighted by Gasteiger charge is -2.18. The van der Waals surface area contributed by atoms with Gasteiger partial charge in [0, 0.05) is 42.4 Å². The third-order valence-electron chi connectivity index (χ3n) is 5.08. The number of urea groups is 1. The van der Waals surface area contributed by atoms with E-state index in [0.717, 1.165) is 25.2 Å². The van der Waals surface area contributed by atoms with Crippen molar-refractivity contribution < 1.29 is 9.59 Å². The number of aromatic nitrogens is 3. The highest BCUT2D eigenvalue weighted by atomic mass is 16.2. The van der Waals surface area contributed by atoms with Gasteiger partial charge in [0.05, 0.1) is 0 Å². The zero-order valence-corrected chi connectivity index (χ0v) is 19.0. The Labute approximate surface area is 197 Å². The Morgan fingerprint density at radius 1 is 1.06 bits per heavy atom. The normalized spacial score (nSPS) is 12.6. The smallest absolute Gasteiger partial charge is 0.317 e. The Morgan fingerprint density at radius 2 is 1.88 bits per heavy atom. The lowest BCUT2D eigenvalue weighted by molar-refractivity contribution is 0.0943. The number of primary amides is 1. The number of fused-ring (bicyclic) bond motifs is 1. The number of carbonyl (C=O) groups excluding carboxylic acids is 2. The van der Waals surface area contributed by atoms with Gasteiger partial charge < -0.3 is 27.0 Å². The zero-order valence-electron chi connectivity index (χ0n) is 19.0. The minimum absolute atomic E-state index is 0.0598. The Balaban J connectivity index is 1.63. The molecule has 0 atom stereocenters. The van der Waals surface area contributed by atoms with Crippen LogP contribution in [0.1, 0.15) is 35.3 Å². The van der Waals surface area contributed by atoms with Crippen LogP contribution in [-0.4, -0.2) is 39.5 Å². The summed E-state index contributed by atoms with van der Waals surface area (Å²) in [6.45, 7) is 5.55. The number of anilines is 5. The Bertz CT molecular complexity index is 1210. The fraction of sp³-hybridized carbons (Fsp3) is 0.261. The number of amides is 3. The molecule has 2 aromatic heterocycles. The first-order valence-corrected chi connectivity index (χ1v) is 10.9. The number of benzene rings is 1. The summed E-state index contributed by atoms with van der Waals surface area (Å²) in [6, 6.07) is 8.64. The van der Waals surface area contributed by atoms with E-state index in [1.165, 1.54) is 23.5 Å². The molecule has 1 aliphatic rings. The van der Waals surface area contributed by atoms with E-state index >= 15 is 0 Å². The standard InChI is InChI=1S/C23H27N9O2/c1-13(2)28-21(33)18-12-27-23(30-16-4-3-15-11-25-7-5-14(15)9-16)32-20(18)29-17-6-8-26-19(10-17)31-22(24)34/h3-4,6,8-10,12-13,25H,5,7,11H2,1-2H3,(H,28,33)(H5,24,26,27,29,30,31,32,34). The number of hydrogen-bond acceptors (Lipinski definition) is 8. The van der Waals surface area contributed by atoms with Crippen LogP contribution in [-0.2, 0) is 13.0 Å². The van der Waals surface area contributed by atoms with E-state index in [2.05, 4.69) is 53.7 Å². The van der Waals surface area contributed by atoms with Gasteiger partial charge in [0.15, 0.2) is 0 Å². The Morgan fingerprint density at radius 3 is 2.68 bits per heavy atom. The van der Waals surface area contributed by atoms with Crippen molar-refractivity contribution in [3.05, 3.63) is 59.4 Å². The van der Waals surface area contributed by atoms with Crippen LogP contribution in [0.2, 0.25) is 0 Å². The third-order valence-corrected chi connectivity index (χ3v) is 5.08. The van der Waals surface area contributed by atoms with Gasteiger partial charge in [-0.15, -0.1) is 0 Å². The first-order valence-electron chi connectivity index (χ1n) is 10.9. The van der Waals surface area contributed by atoms with Crippen LogP contribution < -0.4 is 32.3 Å². The maximum absolute atomic E-state index is 12.8. The number of carbonyl (C=O) groups is 2. The van der Waals surface area contributed by atoms with Crippen LogP contribution in [0.15, 0.2) is 42.7 Å². The molecule has 3 amide bonds. The molecule has 3 heterocycles. The van der Waals surface area contributed by atoms with Gasteiger partial charge in [0.1, 0.15) is 17.2 Å².